The van der Waals surface area contributed by atoms with E-state index in [1.54, 1.807) is 31.3 Å². The van der Waals surface area contributed by atoms with Gasteiger partial charge in [0.05, 0.1) is 11.5 Å². The van der Waals surface area contributed by atoms with Gasteiger partial charge in [-0.3, -0.25) is 4.79 Å². The Labute approximate surface area is 144 Å². The fourth-order valence-electron chi connectivity index (χ4n) is 2.57. The number of amides is 1. The number of sulfone groups is 1. The van der Waals surface area contributed by atoms with Gasteiger partial charge in [-0.25, -0.2) is 8.42 Å². The third-order valence-corrected chi connectivity index (χ3v) is 5.95. The lowest BCUT2D eigenvalue weighted by Gasteiger charge is -2.22. The third-order valence-electron chi connectivity index (χ3n) is 3.96. The predicted molar refractivity (Wildman–Crippen MR) is 88.1 cm³/mol. The van der Waals surface area contributed by atoms with Gasteiger partial charge in [0.2, 0.25) is 11.7 Å². The molecule has 1 aliphatic heterocycles. The minimum atomic E-state index is -3.04. The standard InChI is InChI=1S/C14H16ClN5O3S/c1-19(12-5-6-24(22,23)9-12)13(21)8-20-17-14(16-18-20)10-3-2-4-11(15)7-10/h2-4,7,12H,5-6,8-9H2,1H3. The summed E-state index contributed by atoms with van der Waals surface area (Å²) in [7, 11) is -1.44. The molecule has 2 heterocycles. The number of tetrazole rings is 1. The van der Waals surface area contributed by atoms with Crippen LogP contribution in [0.5, 0.6) is 0 Å². The van der Waals surface area contributed by atoms with Crippen molar-refractivity contribution in [1.82, 2.24) is 25.1 Å². The van der Waals surface area contributed by atoms with E-state index in [-0.39, 0.29) is 30.0 Å². The first kappa shape index (κ1) is 16.8. The number of carbonyl (C=O) groups is 1. The Morgan fingerprint density at radius 1 is 1.46 bits per heavy atom. The highest BCUT2D eigenvalue weighted by molar-refractivity contribution is 7.91. The zero-order valence-corrected chi connectivity index (χ0v) is 14.5. The highest BCUT2D eigenvalue weighted by Crippen LogP contribution is 2.19. The molecule has 0 aliphatic carbocycles. The Morgan fingerprint density at radius 3 is 2.92 bits per heavy atom. The molecular formula is C14H16ClN5O3S. The van der Waals surface area contributed by atoms with Gasteiger partial charge < -0.3 is 4.90 Å². The average Bonchev–Trinajstić information content (AvgIpc) is 3.13. The van der Waals surface area contributed by atoms with Crippen molar-refractivity contribution in [2.45, 2.75) is 19.0 Å². The van der Waals surface area contributed by atoms with E-state index in [2.05, 4.69) is 15.4 Å². The highest BCUT2D eigenvalue weighted by Gasteiger charge is 2.32. The first-order valence-corrected chi connectivity index (χ1v) is 9.54. The Hall–Kier alpha value is -2.00. The van der Waals surface area contributed by atoms with Gasteiger partial charge in [0, 0.05) is 23.7 Å². The smallest absolute Gasteiger partial charge is 0.246 e. The summed E-state index contributed by atoms with van der Waals surface area (Å²) in [4.78, 5) is 14.9. The molecule has 1 saturated heterocycles. The molecular weight excluding hydrogens is 354 g/mol. The molecule has 8 nitrogen and oxygen atoms in total. The fraction of sp³-hybridized carbons (Fsp3) is 0.429. The van der Waals surface area contributed by atoms with Crippen LogP contribution in [0.15, 0.2) is 24.3 Å². The number of hydrogen-bond acceptors (Lipinski definition) is 6. The number of halogens is 1. The largest absolute Gasteiger partial charge is 0.340 e. The Morgan fingerprint density at radius 2 is 2.25 bits per heavy atom. The SMILES string of the molecule is CN(C(=O)Cn1nnc(-c2cccc(Cl)c2)n1)C1CCS(=O)(=O)C1. The van der Waals surface area contributed by atoms with Crippen LogP contribution in [0.4, 0.5) is 0 Å². The van der Waals surface area contributed by atoms with Crippen molar-refractivity contribution in [3.63, 3.8) is 0 Å². The van der Waals surface area contributed by atoms with Gasteiger partial charge >= 0.3 is 0 Å². The second-order valence-corrected chi connectivity index (χ2v) is 8.38. The molecule has 1 unspecified atom stereocenters. The van der Waals surface area contributed by atoms with Gasteiger partial charge in [0.25, 0.3) is 0 Å². The number of likely N-dealkylation sites (N-methyl/N-ethyl adjacent to an activating group) is 1. The summed E-state index contributed by atoms with van der Waals surface area (Å²) in [6.45, 7) is -0.0966. The number of nitrogens with zero attached hydrogens (tertiary/aromatic N) is 5. The van der Waals surface area contributed by atoms with Crippen molar-refractivity contribution < 1.29 is 13.2 Å². The third kappa shape index (κ3) is 3.73. The summed E-state index contributed by atoms with van der Waals surface area (Å²) in [5.74, 6) is 0.243. The maximum atomic E-state index is 12.3. The van der Waals surface area contributed by atoms with Crippen LogP contribution < -0.4 is 0 Å². The Bertz CT molecular complexity index is 867. The maximum Gasteiger partial charge on any atom is 0.246 e. The monoisotopic (exact) mass is 369 g/mol. The molecule has 128 valence electrons. The molecule has 0 N–H and O–H groups in total. The molecule has 2 aromatic rings. The fourth-order valence-corrected chi connectivity index (χ4v) is 4.53. The molecule has 1 fully saturated rings. The summed E-state index contributed by atoms with van der Waals surface area (Å²) in [5.41, 5.74) is 0.705. The zero-order valence-electron chi connectivity index (χ0n) is 13.0. The quantitative estimate of drug-likeness (QED) is 0.784. The van der Waals surface area contributed by atoms with Crippen LogP contribution in [0.2, 0.25) is 5.02 Å². The van der Waals surface area contributed by atoms with Crippen molar-refractivity contribution in [2.24, 2.45) is 0 Å². The molecule has 1 aromatic carbocycles. The summed E-state index contributed by atoms with van der Waals surface area (Å²) >= 11 is 5.93. The topological polar surface area (TPSA) is 98.1 Å². The normalized spacial score (nSPS) is 19.3. The summed E-state index contributed by atoms with van der Waals surface area (Å²) < 4.78 is 23.1. The average molecular weight is 370 g/mol. The zero-order chi connectivity index (χ0) is 17.3. The minimum Gasteiger partial charge on any atom is -0.340 e. The number of aromatic nitrogens is 4. The van der Waals surface area contributed by atoms with Crippen LogP contribution in [0.3, 0.4) is 0 Å². The molecule has 1 aromatic heterocycles. The molecule has 1 aliphatic rings. The second-order valence-electron chi connectivity index (χ2n) is 5.72. The second kappa shape index (κ2) is 6.48. The lowest BCUT2D eigenvalue weighted by Crippen LogP contribution is -2.40. The molecule has 1 amide bonds. The van der Waals surface area contributed by atoms with E-state index in [0.29, 0.717) is 22.8 Å². The van der Waals surface area contributed by atoms with Gasteiger partial charge in [-0.15, -0.1) is 10.2 Å². The van der Waals surface area contributed by atoms with Gasteiger partial charge in [-0.1, -0.05) is 23.7 Å². The van der Waals surface area contributed by atoms with Crippen LogP contribution in [-0.2, 0) is 21.2 Å². The van der Waals surface area contributed by atoms with E-state index in [9.17, 15) is 13.2 Å². The van der Waals surface area contributed by atoms with Crippen LogP contribution in [-0.4, -0.2) is 64.0 Å². The lowest BCUT2D eigenvalue weighted by molar-refractivity contribution is -0.132. The van der Waals surface area contributed by atoms with E-state index in [1.807, 2.05) is 0 Å². The van der Waals surface area contributed by atoms with Gasteiger partial charge in [-0.2, -0.15) is 4.80 Å². The molecule has 10 heteroatoms. The van der Waals surface area contributed by atoms with Crippen LogP contribution >= 0.6 is 11.6 Å². The maximum absolute atomic E-state index is 12.3. The number of hydrogen-bond donors (Lipinski definition) is 0. The molecule has 0 spiro atoms. The predicted octanol–water partition coefficient (Wildman–Crippen LogP) is 0.639. The van der Waals surface area contributed by atoms with Crippen LogP contribution in [0, 0.1) is 0 Å². The molecule has 1 atom stereocenters. The molecule has 0 saturated carbocycles. The van der Waals surface area contributed by atoms with E-state index in [0.717, 1.165) is 0 Å². The van der Waals surface area contributed by atoms with Crippen molar-refractivity contribution in [3.05, 3.63) is 29.3 Å². The molecule has 0 bridgehead atoms. The number of rotatable bonds is 4. The van der Waals surface area contributed by atoms with Crippen LogP contribution in [0.25, 0.3) is 11.4 Å². The van der Waals surface area contributed by atoms with Crippen LogP contribution in [0.1, 0.15) is 6.42 Å². The highest BCUT2D eigenvalue weighted by atomic mass is 35.5. The van der Waals surface area contributed by atoms with Crippen molar-refractivity contribution in [2.75, 3.05) is 18.6 Å². The Balaban J connectivity index is 1.67. The van der Waals surface area contributed by atoms with E-state index in [1.165, 1.54) is 9.70 Å². The Kier molecular flexibility index (Phi) is 4.55. The number of carbonyl (C=O) groups excluding carboxylic acids is 1. The summed E-state index contributed by atoms with van der Waals surface area (Å²) in [5, 5.41) is 12.5. The van der Waals surface area contributed by atoms with Gasteiger partial charge in [-0.05, 0) is 23.8 Å². The lowest BCUT2D eigenvalue weighted by atomic mass is 10.2. The molecule has 0 radical (unpaired) electrons. The van der Waals surface area contributed by atoms with Crippen molar-refractivity contribution in [1.29, 1.82) is 0 Å². The van der Waals surface area contributed by atoms with E-state index >= 15 is 0 Å². The first-order valence-electron chi connectivity index (χ1n) is 7.34. The number of benzene rings is 1. The summed E-state index contributed by atoms with van der Waals surface area (Å²) in [6.07, 6.45) is 0.461. The minimum absolute atomic E-state index is 0.00773. The van der Waals surface area contributed by atoms with Gasteiger partial charge in [0.15, 0.2) is 9.84 Å². The van der Waals surface area contributed by atoms with Gasteiger partial charge in [0.1, 0.15) is 6.54 Å². The van der Waals surface area contributed by atoms with Crippen molar-refractivity contribution >= 4 is 27.3 Å². The summed E-state index contributed by atoms with van der Waals surface area (Å²) in [6, 6.07) is 6.73. The molecule has 3 rings (SSSR count). The van der Waals surface area contributed by atoms with E-state index in [4.69, 9.17) is 11.6 Å². The first-order chi connectivity index (χ1) is 11.3. The molecule has 24 heavy (non-hydrogen) atoms. The van der Waals surface area contributed by atoms with Crippen molar-refractivity contribution in [3.8, 4) is 11.4 Å². The van der Waals surface area contributed by atoms with E-state index < -0.39 is 9.84 Å².